The highest BCUT2D eigenvalue weighted by Gasteiger charge is 2.24. The number of fused-ring (bicyclic) bond motifs is 8. The lowest BCUT2D eigenvalue weighted by molar-refractivity contribution is 0.110. The van der Waals surface area contributed by atoms with Gasteiger partial charge in [0, 0.05) is 110 Å². The molecule has 2 N–H and O–H groups in total. The number of carbonyl (C=O) groups is 4. The molecule has 12 nitrogen and oxygen atoms in total. The number of hydrogen-bond donors (Lipinski definition) is 2. The Balaban J connectivity index is 1.49. The fraction of sp³-hybridized carbons (Fsp3) is 0.231. The van der Waals surface area contributed by atoms with Crippen molar-refractivity contribution in [3.63, 3.8) is 0 Å². The lowest BCUT2D eigenvalue weighted by Crippen LogP contribution is -2.02. The highest BCUT2D eigenvalue weighted by Crippen LogP contribution is 2.40. The van der Waals surface area contributed by atoms with E-state index in [0.717, 1.165) is 91.8 Å². The second-order valence-electron chi connectivity index (χ2n) is 17.6. The first-order valence-corrected chi connectivity index (χ1v) is 21.7. The van der Waals surface area contributed by atoms with E-state index in [1.54, 1.807) is 0 Å². The van der Waals surface area contributed by atoms with E-state index in [1.165, 1.54) is 0 Å². The monoisotopic (exact) mass is 850 g/mol. The van der Waals surface area contributed by atoms with Crippen LogP contribution in [0.4, 0.5) is 0 Å². The van der Waals surface area contributed by atoms with E-state index < -0.39 is 0 Å². The van der Waals surface area contributed by atoms with E-state index in [4.69, 9.17) is 9.97 Å². The molecule has 9 heterocycles. The highest BCUT2D eigenvalue weighted by atomic mass is 16.1. The Hall–Kier alpha value is -7.60. The zero-order valence-corrected chi connectivity index (χ0v) is 37.2. The van der Waals surface area contributed by atoms with Gasteiger partial charge in [0.25, 0.3) is 0 Å². The standard InChI is InChI=1S/C52H50N8O4/c1-29(2)57-22-34(18-37(57)26-62)49-40-9-11-42(53-40)50(35-19-38(27-63)58(23-35)30(3)4)44-13-15-46(55-44)52(48-17-33(25-61)21-60(48)32(7)8)47-16-14-45(56-47)51(43-12-10-41(49)54-43)36-20-39(28-64)59(24-36)31(5)6/h9-32,53,56H,1-8H3. The Labute approximate surface area is 370 Å². The molecule has 2 aliphatic heterocycles. The summed E-state index contributed by atoms with van der Waals surface area (Å²) >= 11 is 0. The van der Waals surface area contributed by atoms with Crippen molar-refractivity contribution < 1.29 is 19.2 Å². The lowest BCUT2D eigenvalue weighted by Gasteiger charge is -2.14. The summed E-state index contributed by atoms with van der Waals surface area (Å²) in [5.41, 5.74) is 14.2. The molecule has 0 saturated heterocycles. The zero-order chi connectivity index (χ0) is 45.1. The van der Waals surface area contributed by atoms with Crippen molar-refractivity contribution in [1.82, 2.24) is 38.2 Å². The van der Waals surface area contributed by atoms with Gasteiger partial charge >= 0.3 is 0 Å². The second kappa shape index (κ2) is 16.3. The fourth-order valence-corrected chi connectivity index (χ4v) is 9.10. The van der Waals surface area contributed by atoms with E-state index in [2.05, 4.69) is 28.4 Å². The normalized spacial score (nSPS) is 12.4. The molecule has 0 atom stereocenters. The van der Waals surface area contributed by atoms with Crippen molar-refractivity contribution in [2.24, 2.45) is 0 Å². The van der Waals surface area contributed by atoms with Gasteiger partial charge in [-0.05, 0) is 128 Å². The summed E-state index contributed by atoms with van der Waals surface area (Å²) in [6.45, 7) is 16.4. The summed E-state index contributed by atoms with van der Waals surface area (Å²) in [4.78, 5) is 68.1. The molecule has 9 rings (SSSR count). The molecule has 12 heteroatoms. The van der Waals surface area contributed by atoms with Gasteiger partial charge in [-0.2, -0.15) is 0 Å². The smallest absolute Gasteiger partial charge is 0.166 e. The van der Waals surface area contributed by atoms with Gasteiger partial charge in [-0.25, -0.2) is 9.97 Å². The molecular formula is C52H50N8O4. The molecule has 0 radical (unpaired) electrons. The van der Waals surface area contributed by atoms with Crippen molar-refractivity contribution in [2.75, 3.05) is 0 Å². The van der Waals surface area contributed by atoms with E-state index in [-0.39, 0.29) is 24.2 Å². The molecule has 7 aromatic heterocycles. The van der Waals surface area contributed by atoms with Crippen LogP contribution >= 0.6 is 0 Å². The Morgan fingerprint density at radius 1 is 0.422 bits per heavy atom. The molecule has 0 amide bonds. The second-order valence-corrected chi connectivity index (χ2v) is 17.6. The van der Waals surface area contributed by atoms with E-state index in [9.17, 15) is 19.2 Å². The van der Waals surface area contributed by atoms with Crippen LogP contribution in [0.5, 0.6) is 0 Å². The SMILES string of the molecule is CC(C)n1cc(-c2c3nc(c(-c4cc(C=O)n(C(C)C)c4)c4ccc([nH]4)c(-c4cc(C=O)cn4C(C)C)c4nc(c(-c5cc(C=O)n(C(C)C)c5)c5ccc2[nH]5)C=C4)C=C3)cc1C=O. The van der Waals surface area contributed by atoms with Crippen LogP contribution in [-0.4, -0.2) is 63.3 Å². The topological polar surface area (TPSA) is 145 Å². The number of aromatic amines is 2. The van der Waals surface area contributed by atoms with Crippen LogP contribution in [0.3, 0.4) is 0 Å². The van der Waals surface area contributed by atoms with Gasteiger partial charge in [-0.3, -0.25) is 19.2 Å². The molecule has 0 saturated carbocycles. The van der Waals surface area contributed by atoms with Crippen LogP contribution in [-0.2, 0) is 0 Å². The van der Waals surface area contributed by atoms with Gasteiger partial charge in [0.1, 0.15) is 0 Å². The Bertz CT molecular complexity index is 3220. The summed E-state index contributed by atoms with van der Waals surface area (Å²) in [6.07, 6.45) is 19.3. The van der Waals surface area contributed by atoms with Crippen LogP contribution in [0.15, 0.2) is 73.3 Å². The van der Waals surface area contributed by atoms with Crippen LogP contribution < -0.4 is 0 Å². The maximum Gasteiger partial charge on any atom is 0.166 e. The minimum Gasteiger partial charge on any atom is -0.354 e. The summed E-state index contributed by atoms with van der Waals surface area (Å²) in [5.74, 6) is 0. The third-order valence-corrected chi connectivity index (χ3v) is 12.1. The first-order valence-electron chi connectivity index (χ1n) is 21.7. The minimum atomic E-state index is 0.00886. The first kappa shape index (κ1) is 41.7. The maximum absolute atomic E-state index is 12.5. The summed E-state index contributed by atoms with van der Waals surface area (Å²) in [5, 5.41) is 0. The molecule has 0 spiro atoms. The summed E-state index contributed by atoms with van der Waals surface area (Å²) < 4.78 is 7.96. The van der Waals surface area contributed by atoms with E-state index >= 15 is 0 Å². The van der Waals surface area contributed by atoms with Gasteiger partial charge in [-0.1, -0.05) is 0 Å². The van der Waals surface area contributed by atoms with E-state index in [0.29, 0.717) is 45.4 Å². The fourth-order valence-electron chi connectivity index (χ4n) is 9.10. The van der Waals surface area contributed by atoms with Crippen molar-refractivity contribution in [3.05, 3.63) is 119 Å². The van der Waals surface area contributed by atoms with Crippen LogP contribution in [0, 0.1) is 0 Å². The number of carbonyl (C=O) groups excluding carboxylic acids is 4. The van der Waals surface area contributed by atoms with Crippen LogP contribution in [0.25, 0.3) is 91.0 Å². The number of aldehydes is 4. The van der Waals surface area contributed by atoms with Crippen molar-refractivity contribution in [2.45, 2.75) is 79.6 Å². The van der Waals surface area contributed by atoms with Gasteiger partial charge in [0.2, 0.25) is 0 Å². The molecule has 0 fully saturated rings. The third-order valence-electron chi connectivity index (χ3n) is 12.1. The van der Waals surface area contributed by atoms with Crippen molar-refractivity contribution in [3.8, 4) is 44.6 Å². The van der Waals surface area contributed by atoms with Gasteiger partial charge in [0.05, 0.1) is 51.1 Å². The third kappa shape index (κ3) is 7.04. The molecule has 2 aliphatic rings. The molecule has 7 aromatic rings. The van der Waals surface area contributed by atoms with Crippen molar-refractivity contribution >= 4 is 71.5 Å². The summed E-state index contributed by atoms with van der Waals surface area (Å²) in [7, 11) is 0. The quantitative estimate of drug-likeness (QED) is 0.117. The Kier molecular flexibility index (Phi) is 10.6. The molecule has 0 unspecified atom stereocenters. The molecule has 322 valence electrons. The van der Waals surface area contributed by atoms with Crippen LogP contribution in [0.1, 0.15) is 144 Å². The van der Waals surface area contributed by atoms with Crippen molar-refractivity contribution in [1.29, 1.82) is 0 Å². The Morgan fingerprint density at radius 3 is 1.05 bits per heavy atom. The largest absolute Gasteiger partial charge is 0.354 e. The molecular weight excluding hydrogens is 801 g/mol. The molecule has 0 aromatic carbocycles. The predicted molar refractivity (Wildman–Crippen MR) is 256 cm³/mol. The maximum atomic E-state index is 12.5. The van der Waals surface area contributed by atoms with E-state index in [1.807, 2.05) is 153 Å². The minimum absolute atomic E-state index is 0.00886. The number of H-pyrrole nitrogens is 2. The zero-order valence-electron chi connectivity index (χ0n) is 37.2. The molecule has 0 aliphatic carbocycles. The number of hydrogen-bond acceptors (Lipinski definition) is 6. The number of nitrogens with zero attached hydrogens (tertiary/aromatic N) is 6. The average molecular weight is 851 g/mol. The number of aromatic nitrogens is 8. The first-order chi connectivity index (χ1) is 30.8. The average Bonchev–Trinajstić information content (AvgIpc) is 4.12. The highest BCUT2D eigenvalue weighted by molar-refractivity contribution is 6.01. The predicted octanol–water partition coefficient (Wildman–Crippen LogP) is 12.1. The Morgan fingerprint density at radius 2 is 0.750 bits per heavy atom. The number of nitrogens with one attached hydrogen (secondary N) is 2. The molecule has 64 heavy (non-hydrogen) atoms. The van der Waals surface area contributed by atoms with Crippen LogP contribution in [0.2, 0.25) is 0 Å². The number of rotatable bonds is 12. The van der Waals surface area contributed by atoms with Gasteiger partial charge < -0.3 is 28.2 Å². The van der Waals surface area contributed by atoms with Gasteiger partial charge in [0.15, 0.2) is 25.1 Å². The summed E-state index contributed by atoms with van der Waals surface area (Å²) in [6, 6.07) is 15.7. The van der Waals surface area contributed by atoms with Gasteiger partial charge in [-0.15, -0.1) is 0 Å². The molecule has 8 bridgehead atoms. The lowest BCUT2D eigenvalue weighted by atomic mass is 10.1.